The molecule has 2 amide bonds. The molecule has 0 aliphatic heterocycles. The Balaban J connectivity index is 2.41. The third-order valence-corrected chi connectivity index (χ3v) is 2.55. The molecule has 0 fully saturated rings. The number of tetrazole rings is 1. The molecule has 0 bridgehead atoms. The van der Waals surface area contributed by atoms with E-state index in [2.05, 4.69) is 26.0 Å². The Kier molecular flexibility index (Phi) is 5.88. The zero-order valence-corrected chi connectivity index (χ0v) is 11.8. The van der Waals surface area contributed by atoms with Gasteiger partial charge in [0.15, 0.2) is 0 Å². The van der Waals surface area contributed by atoms with Crippen molar-refractivity contribution in [2.45, 2.75) is 26.7 Å². The lowest BCUT2D eigenvalue weighted by molar-refractivity contribution is -0.138. The summed E-state index contributed by atoms with van der Waals surface area (Å²) in [6, 6.07) is -0.475. The van der Waals surface area contributed by atoms with Crippen LogP contribution in [0.1, 0.15) is 26.7 Å². The fourth-order valence-corrected chi connectivity index (χ4v) is 1.87. The minimum absolute atomic E-state index is 0.0296. The number of aliphatic carboxylic acids is 1. The highest BCUT2D eigenvalue weighted by Crippen LogP contribution is 2.14. The second-order valence-electron chi connectivity index (χ2n) is 5.03. The second kappa shape index (κ2) is 7.41. The van der Waals surface area contributed by atoms with Crippen LogP contribution < -0.4 is 10.6 Å². The van der Waals surface area contributed by atoms with Crippen LogP contribution in [-0.2, 0) is 11.8 Å². The Labute approximate surface area is 116 Å². The normalized spacial score (nSPS) is 12.2. The van der Waals surface area contributed by atoms with Crippen molar-refractivity contribution in [2.75, 3.05) is 11.9 Å². The summed E-state index contributed by atoms with van der Waals surface area (Å²) < 4.78 is 0. The maximum Gasteiger partial charge on any atom is 0.321 e. The van der Waals surface area contributed by atoms with Crippen LogP contribution in [0.5, 0.6) is 0 Å². The Morgan fingerprint density at radius 3 is 2.60 bits per heavy atom. The lowest BCUT2D eigenvalue weighted by atomic mass is 9.94. The molecular weight excluding hydrogens is 264 g/mol. The Bertz CT molecular complexity index is 459. The van der Waals surface area contributed by atoms with Crippen molar-refractivity contribution in [1.29, 1.82) is 0 Å². The van der Waals surface area contributed by atoms with Gasteiger partial charge in [0, 0.05) is 13.0 Å². The molecule has 0 saturated carbocycles. The van der Waals surface area contributed by atoms with Crippen LogP contribution in [0.15, 0.2) is 0 Å². The molecule has 0 radical (unpaired) electrons. The van der Waals surface area contributed by atoms with Crippen molar-refractivity contribution in [3.8, 4) is 0 Å². The molecule has 0 unspecified atom stereocenters. The minimum Gasteiger partial charge on any atom is -0.481 e. The molecule has 1 aromatic rings. The van der Waals surface area contributed by atoms with E-state index in [1.807, 2.05) is 13.8 Å². The standard InChI is InChI=1S/C11H20N6O3/c1-7(2)4-8(5-9(18)19)6-12-11(20)13-10-14-16-17(3)15-10/h7-8H,4-6H2,1-3H3,(H,18,19)(H2,12,13,15,20)/t8-/m0/s1. The minimum atomic E-state index is -0.867. The Morgan fingerprint density at radius 1 is 1.40 bits per heavy atom. The number of carboxylic acids is 1. The molecule has 0 aliphatic rings. The van der Waals surface area contributed by atoms with E-state index in [0.717, 1.165) is 6.42 Å². The van der Waals surface area contributed by atoms with Crippen molar-refractivity contribution in [3.05, 3.63) is 0 Å². The van der Waals surface area contributed by atoms with Gasteiger partial charge in [-0.2, -0.15) is 4.80 Å². The van der Waals surface area contributed by atoms with Gasteiger partial charge in [-0.3, -0.25) is 10.1 Å². The Hall–Kier alpha value is -2.19. The number of anilines is 1. The van der Waals surface area contributed by atoms with Gasteiger partial charge in [0.1, 0.15) is 0 Å². The zero-order chi connectivity index (χ0) is 15.1. The van der Waals surface area contributed by atoms with E-state index in [0.29, 0.717) is 5.92 Å². The van der Waals surface area contributed by atoms with E-state index in [1.165, 1.54) is 4.80 Å². The highest BCUT2D eigenvalue weighted by Gasteiger charge is 2.16. The number of urea groups is 1. The van der Waals surface area contributed by atoms with Gasteiger partial charge in [0.25, 0.3) is 5.95 Å². The lowest BCUT2D eigenvalue weighted by Gasteiger charge is -2.17. The molecule has 9 nitrogen and oxygen atoms in total. The third-order valence-electron chi connectivity index (χ3n) is 2.55. The summed E-state index contributed by atoms with van der Waals surface area (Å²) in [5, 5.41) is 24.9. The molecule has 112 valence electrons. The van der Waals surface area contributed by atoms with Crippen LogP contribution in [0.2, 0.25) is 0 Å². The quantitative estimate of drug-likeness (QED) is 0.669. The van der Waals surface area contributed by atoms with Gasteiger partial charge < -0.3 is 10.4 Å². The molecule has 0 aliphatic carbocycles. The molecule has 3 N–H and O–H groups in total. The van der Waals surface area contributed by atoms with Crippen LogP contribution in [-0.4, -0.2) is 43.9 Å². The zero-order valence-electron chi connectivity index (χ0n) is 11.8. The van der Waals surface area contributed by atoms with E-state index in [4.69, 9.17) is 5.11 Å². The second-order valence-corrected chi connectivity index (χ2v) is 5.03. The fraction of sp³-hybridized carbons (Fsp3) is 0.727. The van der Waals surface area contributed by atoms with Gasteiger partial charge in [-0.1, -0.05) is 18.9 Å². The molecule has 1 rings (SSSR count). The largest absolute Gasteiger partial charge is 0.481 e. The van der Waals surface area contributed by atoms with Crippen LogP contribution in [0, 0.1) is 11.8 Å². The van der Waals surface area contributed by atoms with Crippen molar-refractivity contribution >= 4 is 17.9 Å². The summed E-state index contributed by atoms with van der Waals surface area (Å²) in [4.78, 5) is 23.6. The number of carboxylic acid groups (broad SMARTS) is 1. The van der Waals surface area contributed by atoms with Gasteiger partial charge in [0.05, 0.1) is 7.05 Å². The van der Waals surface area contributed by atoms with E-state index >= 15 is 0 Å². The third kappa shape index (κ3) is 6.12. The molecule has 1 heterocycles. The first kappa shape index (κ1) is 15.9. The van der Waals surface area contributed by atoms with Crippen LogP contribution in [0.3, 0.4) is 0 Å². The topological polar surface area (TPSA) is 122 Å². The Morgan fingerprint density at radius 2 is 2.10 bits per heavy atom. The van der Waals surface area contributed by atoms with Crippen LogP contribution in [0.4, 0.5) is 10.7 Å². The summed E-state index contributed by atoms with van der Waals surface area (Å²) in [5.41, 5.74) is 0. The first-order valence-electron chi connectivity index (χ1n) is 6.37. The van der Waals surface area contributed by atoms with E-state index in [1.54, 1.807) is 7.05 Å². The van der Waals surface area contributed by atoms with Crippen molar-refractivity contribution < 1.29 is 14.7 Å². The molecule has 1 aromatic heterocycles. The molecular formula is C11H20N6O3. The molecule has 1 atom stereocenters. The van der Waals surface area contributed by atoms with E-state index < -0.39 is 12.0 Å². The van der Waals surface area contributed by atoms with Gasteiger partial charge in [-0.05, 0) is 23.5 Å². The predicted molar refractivity (Wildman–Crippen MR) is 71.0 cm³/mol. The highest BCUT2D eigenvalue weighted by atomic mass is 16.4. The molecule has 0 saturated heterocycles. The van der Waals surface area contributed by atoms with Crippen LogP contribution >= 0.6 is 0 Å². The van der Waals surface area contributed by atoms with Crippen molar-refractivity contribution in [3.63, 3.8) is 0 Å². The number of hydrogen-bond acceptors (Lipinski definition) is 5. The van der Waals surface area contributed by atoms with Crippen LogP contribution in [0.25, 0.3) is 0 Å². The molecule has 0 spiro atoms. The van der Waals surface area contributed by atoms with Crippen molar-refractivity contribution in [1.82, 2.24) is 25.5 Å². The molecule has 20 heavy (non-hydrogen) atoms. The van der Waals surface area contributed by atoms with E-state index in [9.17, 15) is 9.59 Å². The summed E-state index contributed by atoms with van der Waals surface area (Å²) >= 11 is 0. The number of amides is 2. The van der Waals surface area contributed by atoms with Gasteiger partial charge in [-0.15, -0.1) is 5.10 Å². The summed E-state index contributed by atoms with van der Waals surface area (Å²) in [7, 11) is 1.58. The van der Waals surface area contributed by atoms with E-state index in [-0.39, 0.29) is 24.8 Å². The first-order valence-corrected chi connectivity index (χ1v) is 6.37. The molecule has 9 heteroatoms. The fourth-order valence-electron chi connectivity index (χ4n) is 1.87. The monoisotopic (exact) mass is 284 g/mol. The average molecular weight is 284 g/mol. The highest BCUT2D eigenvalue weighted by molar-refractivity contribution is 5.87. The number of rotatable bonds is 7. The average Bonchev–Trinajstić information content (AvgIpc) is 2.70. The van der Waals surface area contributed by atoms with Gasteiger partial charge in [0.2, 0.25) is 0 Å². The summed E-state index contributed by atoms with van der Waals surface area (Å²) in [5.74, 6) is -0.504. The molecule has 0 aromatic carbocycles. The van der Waals surface area contributed by atoms with Gasteiger partial charge >= 0.3 is 12.0 Å². The number of carbonyl (C=O) groups is 2. The maximum atomic E-state index is 11.6. The SMILES string of the molecule is CC(C)C[C@H](CNC(=O)Nc1nnn(C)n1)CC(=O)O. The summed E-state index contributed by atoms with van der Waals surface area (Å²) in [6.07, 6.45) is 0.762. The number of aromatic nitrogens is 4. The number of nitrogens with zero attached hydrogens (tertiary/aromatic N) is 4. The smallest absolute Gasteiger partial charge is 0.321 e. The predicted octanol–water partition coefficient (Wildman–Crippen LogP) is 0.469. The number of aryl methyl sites for hydroxylation is 1. The van der Waals surface area contributed by atoms with Gasteiger partial charge in [-0.25, -0.2) is 4.79 Å². The maximum absolute atomic E-state index is 11.6. The summed E-state index contributed by atoms with van der Waals surface area (Å²) in [6.45, 7) is 4.31. The number of carbonyl (C=O) groups excluding carboxylic acids is 1. The number of hydrogen-bond donors (Lipinski definition) is 3. The first-order chi connectivity index (χ1) is 9.36. The lowest BCUT2D eigenvalue weighted by Crippen LogP contribution is -2.34. The van der Waals surface area contributed by atoms with Crippen molar-refractivity contribution in [2.24, 2.45) is 18.9 Å². The number of nitrogens with one attached hydrogen (secondary N) is 2.